The van der Waals surface area contributed by atoms with Gasteiger partial charge < -0.3 is 20.3 Å². The minimum absolute atomic E-state index is 0. The lowest BCUT2D eigenvalue weighted by molar-refractivity contribution is -0.133. The highest BCUT2D eigenvalue weighted by atomic mass is 127. The maximum atomic E-state index is 12.1. The van der Waals surface area contributed by atoms with Gasteiger partial charge in [-0.15, -0.1) is 24.0 Å². The van der Waals surface area contributed by atoms with Gasteiger partial charge in [-0.25, -0.2) is 0 Å². The van der Waals surface area contributed by atoms with Gasteiger partial charge in [-0.1, -0.05) is 32.0 Å². The Morgan fingerprint density at radius 3 is 2.74 bits per heavy atom. The summed E-state index contributed by atoms with van der Waals surface area (Å²) in [6.07, 6.45) is 1.81. The molecule has 1 atom stereocenters. The van der Waals surface area contributed by atoms with Crippen molar-refractivity contribution in [1.29, 1.82) is 0 Å². The lowest BCUT2D eigenvalue weighted by Crippen LogP contribution is -2.45. The van der Waals surface area contributed by atoms with Crippen LogP contribution in [0, 0.1) is 5.92 Å². The van der Waals surface area contributed by atoms with Crippen LogP contribution in [0.5, 0.6) is 5.75 Å². The molecule has 1 aromatic carbocycles. The van der Waals surface area contributed by atoms with Gasteiger partial charge in [0.2, 0.25) is 5.91 Å². The number of carbonyl (C=O) groups excluding carboxylic acids is 1. The number of benzene rings is 1. The Labute approximate surface area is 180 Å². The van der Waals surface area contributed by atoms with Gasteiger partial charge in [0.1, 0.15) is 5.75 Å². The zero-order valence-electron chi connectivity index (χ0n) is 16.6. The first-order chi connectivity index (χ1) is 12.6. The number of nitrogens with one attached hydrogen (secondary N) is 2. The predicted octanol–water partition coefficient (Wildman–Crippen LogP) is 2.89. The molecule has 152 valence electrons. The topological polar surface area (TPSA) is 66.0 Å². The van der Waals surface area contributed by atoms with Crippen LogP contribution in [0.3, 0.4) is 0 Å². The van der Waals surface area contributed by atoms with E-state index in [-0.39, 0.29) is 41.8 Å². The Hall–Kier alpha value is -1.51. The molecule has 1 heterocycles. The lowest BCUT2D eigenvalue weighted by atomic mass is 10.2. The number of likely N-dealkylation sites (tertiary alicyclic amines) is 1. The summed E-state index contributed by atoms with van der Waals surface area (Å²) in [4.78, 5) is 18.7. The van der Waals surface area contributed by atoms with Crippen LogP contribution < -0.4 is 15.4 Å². The lowest BCUT2D eigenvalue weighted by Gasteiger charge is -2.20. The third kappa shape index (κ3) is 8.36. The highest BCUT2D eigenvalue weighted by Gasteiger charge is 2.27. The van der Waals surface area contributed by atoms with Crippen LogP contribution in [-0.2, 0) is 4.79 Å². The summed E-state index contributed by atoms with van der Waals surface area (Å²) >= 11 is 0. The highest BCUT2D eigenvalue weighted by Crippen LogP contribution is 2.12. The van der Waals surface area contributed by atoms with Gasteiger partial charge in [-0.05, 0) is 25.5 Å². The van der Waals surface area contributed by atoms with Crippen LogP contribution in [0.15, 0.2) is 35.3 Å². The van der Waals surface area contributed by atoms with Crippen molar-refractivity contribution in [1.82, 2.24) is 15.5 Å². The van der Waals surface area contributed by atoms with E-state index >= 15 is 0 Å². The van der Waals surface area contributed by atoms with Gasteiger partial charge in [0.25, 0.3) is 0 Å². The van der Waals surface area contributed by atoms with E-state index < -0.39 is 0 Å². The average Bonchev–Trinajstić information content (AvgIpc) is 3.10. The molecule has 1 aliphatic rings. The molecule has 2 N–H and O–H groups in total. The molecule has 1 saturated heterocycles. The monoisotopic (exact) mass is 488 g/mol. The van der Waals surface area contributed by atoms with Crippen molar-refractivity contribution in [3.8, 4) is 5.75 Å². The van der Waals surface area contributed by atoms with E-state index in [9.17, 15) is 4.79 Å². The average molecular weight is 488 g/mol. The Kier molecular flexibility index (Phi) is 11.2. The number of amides is 1. The first kappa shape index (κ1) is 23.5. The van der Waals surface area contributed by atoms with E-state index in [0.29, 0.717) is 13.2 Å². The van der Waals surface area contributed by atoms with E-state index in [2.05, 4.69) is 22.5 Å². The van der Waals surface area contributed by atoms with Crippen molar-refractivity contribution in [3.63, 3.8) is 0 Å². The van der Waals surface area contributed by atoms with Gasteiger partial charge in [-0.2, -0.15) is 0 Å². The van der Waals surface area contributed by atoms with Crippen LogP contribution in [0.1, 0.15) is 33.6 Å². The number of para-hydroxylation sites is 1. The highest BCUT2D eigenvalue weighted by molar-refractivity contribution is 14.0. The zero-order valence-corrected chi connectivity index (χ0v) is 18.9. The minimum Gasteiger partial charge on any atom is -0.494 e. The normalized spacial score (nSPS) is 16.8. The zero-order chi connectivity index (χ0) is 18.8. The molecule has 0 radical (unpaired) electrons. The van der Waals surface area contributed by atoms with Gasteiger partial charge in [0, 0.05) is 44.6 Å². The quantitative estimate of drug-likeness (QED) is 0.256. The Morgan fingerprint density at radius 1 is 1.33 bits per heavy atom. The molecule has 1 aliphatic heterocycles. The molecule has 0 saturated carbocycles. The molecule has 1 fully saturated rings. The van der Waals surface area contributed by atoms with E-state index in [4.69, 9.17) is 4.74 Å². The number of ether oxygens (including phenoxy) is 1. The predicted molar refractivity (Wildman–Crippen MR) is 121 cm³/mol. The van der Waals surface area contributed by atoms with Crippen LogP contribution in [0.2, 0.25) is 0 Å². The number of guanidine groups is 1. The fourth-order valence-corrected chi connectivity index (χ4v) is 2.92. The van der Waals surface area contributed by atoms with Crippen LogP contribution in [0.4, 0.5) is 0 Å². The van der Waals surface area contributed by atoms with E-state index in [1.165, 1.54) is 0 Å². The first-order valence-corrected chi connectivity index (χ1v) is 9.61. The largest absolute Gasteiger partial charge is 0.494 e. The Morgan fingerprint density at radius 2 is 2.07 bits per heavy atom. The summed E-state index contributed by atoms with van der Waals surface area (Å²) in [5.41, 5.74) is 0. The maximum Gasteiger partial charge on any atom is 0.225 e. The molecule has 0 aliphatic carbocycles. The molecule has 6 nitrogen and oxygen atoms in total. The fourth-order valence-electron chi connectivity index (χ4n) is 2.92. The van der Waals surface area contributed by atoms with E-state index in [1.54, 1.807) is 0 Å². The smallest absolute Gasteiger partial charge is 0.225 e. The molecular weight excluding hydrogens is 455 g/mol. The number of nitrogens with zero attached hydrogens (tertiary/aromatic N) is 2. The second kappa shape index (κ2) is 12.8. The van der Waals surface area contributed by atoms with Gasteiger partial charge in [-0.3, -0.25) is 9.79 Å². The fraction of sp³-hybridized carbons (Fsp3) is 0.600. The first-order valence-electron chi connectivity index (χ1n) is 9.61. The van der Waals surface area contributed by atoms with Crippen molar-refractivity contribution in [2.45, 2.75) is 39.7 Å². The van der Waals surface area contributed by atoms with Crippen molar-refractivity contribution in [2.75, 3.05) is 32.8 Å². The summed E-state index contributed by atoms with van der Waals surface area (Å²) < 4.78 is 5.69. The summed E-state index contributed by atoms with van der Waals surface area (Å²) in [6.45, 7) is 9.68. The summed E-state index contributed by atoms with van der Waals surface area (Å²) in [5.74, 6) is 1.99. The number of carbonyl (C=O) groups is 1. The third-order valence-electron chi connectivity index (χ3n) is 4.26. The summed E-state index contributed by atoms with van der Waals surface area (Å²) in [7, 11) is 0. The second-order valence-electron chi connectivity index (χ2n) is 6.84. The molecule has 0 spiro atoms. The van der Waals surface area contributed by atoms with Crippen LogP contribution >= 0.6 is 24.0 Å². The number of hydrogen-bond donors (Lipinski definition) is 2. The maximum absolute atomic E-state index is 12.1. The summed E-state index contributed by atoms with van der Waals surface area (Å²) in [6, 6.07) is 10.1. The van der Waals surface area contributed by atoms with Gasteiger partial charge in [0.05, 0.1) is 6.61 Å². The van der Waals surface area contributed by atoms with Crippen molar-refractivity contribution in [2.24, 2.45) is 10.9 Å². The van der Waals surface area contributed by atoms with Crippen LogP contribution in [-0.4, -0.2) is 55.6 Å². The number of halogens is 1. The SMILES string of the molecule is CCNC(=NCCCOc1ccccc1)NC1CCN(C(=O)C(C)C)C1.I. The van der Waals surface area contributed by atoms with Crippen LogP contribution in [0.25, 0.3) is 0 Å². The molecular formula is C20H33IN4O2. The second-order valence-corrected chi connectivity index (χ2v) is 6.84. The molecule has 2 rings (SSSR count). The Bertz CT molecular complexity index is 581. The van der Waals surface area contributed by atoms with Gasteiger partial charge in [0.15, 0.2) is 5.96 Å². The summed E-state index contributed by atoms with van der Waals surface area (Å²) in [5, 5.41) is 6.73. The molecule has 1 unspecified atom stereocenters. The molecule has 27 heavy (non-hydrogen) atoms. The van der Waals surface area contributed by atoms with Crippen molar-refractivity contribution < 1.29 is 9.53 Å². The number of rotatable bonds is 8. The van der Waals surface area contributed by atoms with E-state index in [0.717, 1.165) is 44.2 Å². The number of aliphatic imine (C=N–C) groups is 1. The van der Waals surface area contributed by atoms with Gasteiger partial charge >= 0.3 is 0 Å². The standard InChI is InChI=1S/C20H32N4O2.HI/c1-4-21-20(22-12-8-14-26-18-9-6-5-7-10-18)23-17-11-13-24(15-17)19(25)16(2)3;/h5-7,9-10,16-17H,4,8,11-15H2,1-3H3,(H2,21,22,23);1H. The molecule has 0 bridgehead atoms. The number of hydrogen-bond acceptors (Lipinski definition) is 3. The Balaban J connectivity index is 0.00000364. The molecule has 1 aromatic rings. The van der Waals surface area contributed by atoms with Crippen molar-refractivity contribution >= 4 is 35.8 Å². The third-order valence-corrected chi connectivity index (χ3v) is 4.26. The molecule has 0 aromatic heterocycles. The molecule has 7 heteroatoms. The minimum atomic E-state index is 0. The van der Waals surface area contributed by atoms with E-state index in [1.807, 2.05) is 49.1 Å². The molecule has 1 amide bonds. The van der Waals surface area contributed by atoms with Crippen molar-refractivity contribution in [3.05, 3.63) is 30.3 Å².